The molecule has 1 aromatic carbocycles. The molecule has 1 aliphatic heterocycles. The lowest BCUT2D eigenvalue weighted by molar-refractivity contribution is 0.368. The summed E-state index contributed by atoms with van der Waals surface area (Å²) in [5.41, 5.74) is 2.23. The second-order valence-corrected chi connectivity index (χ2v) is 5.96. The van der Waals surface area contributed by atoms with Crippen LogP contribution in [0.3, 0.4) is 0 Å². The van der Waals surface area contributed by atoms with Gasteiger partial charge < -0.3 is 19.5 Å². The molecule has 0 spiro atoms. The second kappa shape index (κ2) is 7.38. The van der Waals surface area contributed by atoms with E-state index in [9.17, 15) is 0 Å². The number of rotatable bonds is 3. The van der Waals surface area contributed by atoms with E-state index in [0.29, 0.717) is 12.4 Å². The minimum Gasteiger partial charge on any atom is -0.444 e. The summed E-state index contributed by atoms with van der Waals surface area (Å²) in [5, 5.41) is 3.35. The fourth-order valence-corrected chi connectivity index (χ4v) is 2.92. The van der Waals surface area contributed by atoms with Gasteiger partial charge in [0, 0.05) is 38.9 Å². The highest BCUT2D eigenvalue weighted by Gasteiger charge is 2.20. The standard InChI is InChI=1S/C18H25N5O/c1-14-15(2)24-17(21-14)13-20-18(19-3)23-11-9-22(10-12-23)16-7-5-4-6-8-16/h4-8H,9-13H2,1-3H3,(H,19,20). The van der Waals surface area contributed by atoms with Crippen LogP contribution in [0.2, 0.25) is 0 Å². The predicted molar refractivity (Wildman–Crippen MR) is 96.4 cm³/mol. The third-order valence-corrected chi connectivity index (χ3v) is 4.38. The number of aromatic nitrogens is 1. The minimum atomic E-state index is 0.556. The second-order valence-electron chi connectivity index (χ2n) is 5.96. The first kappa shape index (κ1) is 16.4. The zero-order chi connectivity index (χ0) is 16.9. The van der Waals surface area contributed by atoms with Crippen molar-refractivity contribution in [1.82, 2.24) is 15.2 Å². The Morgan fingerprint density at radius 3 is 2.46 bits per heavy atom. The molecular formula is C18H25N5O. The van der Waals surface area contributed by atoms with E-state index in [1.807, 2.05) is 20.9 Å². The highest BCUT2D eigenvalue weighted by Crippen LogP contribution is 2.15. The molecule has 2 aromatic rings. The van der Waals surface area contributed by atoms with E-state index in [2.05, 4.69) is 55.4 Å². The van der Waals surface area contributed by atoms with E-state index in [4.69, 9.17) is 4.42 Å². The van der Waals surface area contributed by atoms with E-state index in [-0.39, 0.29) is 0 Å². The number of aliphatic imine (C=N–C) groups is 1. The monoisotopic (exact) mass is 327 g/mol. The van der Waals surface area contributed by atoms with E-state index < -0.39 is 0 Å². The molecule has 3 rings (SSSR count). The van der Waals surface area contributed by atoms with Gasteiger partial charge in [-0.1, -0.05) is 18.2 Å². The van der Waals surface area contributed by atoms with Gasteiger partial charge in [0.15, 0.2) is 5.96 Å². The maximum atomic E-state index is 5.62. The van der Waals surface area contributed by atoms with E-state index in [0.717, 1.165) is 43.6 Å². The molecule has 1 saturated heterocycles. The number of benzene rings is 1. The van der Waals surface area contributed by atoms with Crippen molar-refractivity contribution in [2.24, 2.45) is 4.99 Å². The third-order valence-electron chi connectivity index (χ3n) is 4.38. The molecule has 1 aliphatic rings. The molecular weight excluding hydrogens is 302 g/mol. The lowest BCUT2D eigenvalue weighted by Gasteiger charge is -2.37. The molecule has 0 bridgehead atoms. The summed E-state index contributed by atoms with van der Waals surface area (Å²) in [7, 11) is 1.82. The molecule has 0 aliphatic carbocycles. The minimum absolute atomic E-state index is 0.556. The van der Waals surface area contributed by atoms with E-state index >= 15 is 0 Å². The van der Waals surface area contributed by atoms with Crippen LogP contribution in [-0.4, -0.2) is 49.1 Å². The normalized spacial score (nSPS) is 15.7. The largest absolute Gasteiger partial charge is 0.444 e. The molecule has 0 amide bonds. The molecule has 6 heteroatoms. The van der Waals surface area contributed by atoms with Crippen molar-refractivity contribution >= 4 is 11.6 Å². The average Bonchev–Trinajstić information content (AvgIpc) is 2.95. The number of nitrogens with zero attached hydrogens (tertiary/aromatic N) is 4. The lowest BCUT2D eigenvalue weighted by Crippen LogP contribution is -2.52. The van der Waals surface area contributed by atoms with Gasteiger partial charge in [-0.05, 0) is 26.0 Å². The number of anilines is 1. The summed E-state index contributed by atoms with van der Waals surface area (Å²) in [6.45, 7) is 8.31. The number of aryl methyl sites for hydroxylation is 2. The van der Waals surface area contributed by atoms with E-state index in [1.54, 1.807) is 0 Å². The molecule has 6 nitrogen and oxygen atoms in total. The van der Waals surface area contributed by atoms with Crippen LogP contribution in [0, 0.1) is 13.8 Å². The number of hydrogen-bond acceptors (Lipinski definition) is 4. The van der Waals surface area contributed by atoms with Crippen LogP contribution < -0.4 is 10.2 Å². The summed E-state index contributed by atoms with van der Waals surface area (Å²) in [6, 6.07) is 10.6. The molecule has 1 fully saturated rings. The van der Waals surface area contributed by atoms with Crippen molar-refractivity contribution in [3.8, 4) is 0 Å². The SMILES string of the molecule is CN=C(NCc1nc(C)c(C)o1)N1CCN(c2ccccc2)CC1. The molecule has 0 atom stereocenters. The summed E-state index contributed by atoms with van der Waals surface area (Å²) in [4.78, 5) is 13.5. The number of nitrogens with one attached hydrogen (secondary N) is 1. The molecule has 24 heavy (non-hydrogen) atoms. The van der Waals surface area contributed by atoms with Gasteiger partial charge in [0.1, 0.15) is 5.76 Å². The topological polar surface area (TPSA) is 56.9 Å². The first-order valence-corrected chi connectivity index (χ1v) is 8.36. The Bertz CT molecular complexity index is 667. The van der Waals surface area contributed by atoms with Crippen LogP contribution in [0.15, 0.2) is 39.7 Å². The van der Waals surface area contributed by atoms with Gasteiger partial charge in [0.25, 0.3) is 0 Å². The van der Waals surface area contributed by atoms with Crippen LogP contribution in [0.1, 0.15) is 17.3 Å². The first-order valence-electron chi connectivity index (χ1n) is 8.36. The van der Waals surface area contributed by atoms with Crippen LogP contribution in [0.5, 0.6) is 0 Å². The van der Waals surface area contributed by atoms with Crippen molar-refractivity contribution in [3.63, 3.8) is 0 Å². The number of guanidine groups is 1. The number of para-hydroxylation sites is 1. The van der Waals surface area contributed by atoms with Gasteiger partial charge in [-0.3, -0.25) is 4.99 Å². The smallest absolute Gasteiger partial charge is 0.214 e. The Kier molecular flexibility index (Phi) is 5.03. The fourth-order valence-electron chi connectivity index (χ4n) is 2.92. The Hall–Kier alpha value is -2.50. The van der Waals surface area contributed by atoms with Crippen LogP contribution in [0.4, 0.5) is 5.69 Å². The molecule has 1 N–H and O–H groups in total. The van der Waals surface area contributed by atoms with Crippen molar-refractivity contribution in [2.45, 2.75) is 20.4 Å². The Labute approximate surface area is 143 Å². The summed E-state index contributed by atoms with van der Waals surface area (Å²) in [5.74, 6) is 2.48. The Morgan fingerprint density at radius 1 is 1.17 bits per heavy atom. The fraction of sp³-hybridized carbons (Fsp3) is 0.444. The molecule has 1 aromatic heterocycles. The van der Waals surface area contributed by atoms with Crippen molar-refractivity contribution < 1.29 is 4.42 Å². The zero-order valence-electron chi connectivity index (χ0n) is 14.6. The summed E-state index contributed by atoms with van der Waals surface area (Å²) >= 11 is 0. The Balaban J connectivity index is 1.54. The number of hydrogen-bond donors (Lipinski definition) is 1. The van der Waals surface area contributed by atoms with Gasteiger partial charge in [0.2, 0.25) is 5.89 Å². The molecule has 0 radical (unpaired) electrons. The van der Waals surface area contributed by atoms with E-state index in [1.165, 1.54) is 5.69 Å². The zero-order valence-corrected chi connectivity index (χ0v) is 14.6. The maximum absolute atomic E-state index is 5.62. The van der Waals surface area contributed by atoms with Crippen LogP contribution >= 0.6 is 0 Å². The first-order chi connectivity index (χ1) is 11.7. The highest BCUT2D eigenvalue weighted by atomic mass is 16.4. The summed E-state index contributed by atoms with van der Waals surface area (Å²) in [6.07, 6.45) is 0. The Morgan fingerprint density at radius 2 is 1.88 bits per heavy atom. The lowest BCUT2D eigenvalue weighted by atomic mass is 10.2. The molecule has 0 unspecified atom stereocenters. The van der Waals surface area contributed by atoms with Gasteiger partial charge in [-0.25, -0.2) is 4.98 Å². The van der Waals surface area contributed by atoms with Gasteiger partial charge in [0.05, 0.1) is 12.2 Å². The molecule has 128 valence electrons. The van der Waals surface area contributed by atoms with Gasteiger partial charge in [-0.15, -0.1) is 0 Å². The van der Waals surface area contributed by atoms with Crippen molar-refractivity contribution in [2.75, 3.05) is 38.1 Å². The molecule has 0 saturated carbocycles. The average molecular weight is 327 g/mol. The number of piperazine rings is 1. The molecule has 2 heterocycles. The van der Waals surface area contributed by atoms with Crippen LogP contribution in [-0.2, 0) is 6.54 Å². The van der Waals surface area contributed by atoms with Crippen molar-refractivity contribution in [1.29, 1.82) is 0 Å². The third kappa shape index (κ3) is 3.69. The van der Waals surface area contributed by atoms with Crippen LogP contribution in [0.25, 0.3) is 0 Å². The summed E-state index contributed by atoms with van der Waals surface area (Å²) < 4.78 is 5.62. The predicted octanol–water partition coefficient (Wildman–Crippen LogP) is 2.19. The maximum Gasteiger partial charge on any atom is 0.214 e. The van der Waals surface area contributed by atoms with Gasteiger partial charge in [-0.2, -0.15) is 0 Å². The van der Waals surface area contributed by atoms with Crippen molar-refractivity contribution in [3.05, 3.63) is 47.7 Å². The highest BCUT2D eigenvalue weighted by molar-refractivity contribution is 5.80. The van der Waals surface area contributed by atoms with Gasteiger partial charge >= 0.3 is 0 Å². The number of oxazole rings is 1. The quantitative estimate of drug-likeness (QED) is 0.692.